The van der Waals surface area contributed by atoms with Gasteiger partial charge in [-0.3, -0.25) is 0 Å². The first kappa shape index (κ1) is 10.7. The van der Waals surface area contributed by atoms with Crippen molar-refractivity contribution in [1.82, 2.24) is 0 Å². The van der Waals surface area contributed by atoms with Crippen molar-refractivity contribution >= 4 is 28.0 Å². The maximum atomic E-state index is 13.1. The molecular formula is C9H6BrFO3. The van der Waals surface area contributed by atoms with Crippen LogP contribution in [0.25, 0.3) is 6.08 Å². The highest BCUT2D eigenvalue weighted by atomic mass is 79.9. The molecule has 1 rings (SSSR count). The Kier molecular flexibility index (Phi) is 3.24. The Morgan fingerprint density at radius 2 is 2.14 bits per heavy atom. The van der Waals surface area contributed by atoms with Crippen LogP contribution in [0.3, 0.4) is 0 Å². The number of hydrogen-bond acceptors (Lipinski definition) is 2. The molecule has 0 spiro atoms. The minimum absolute atomic E-state index is 0.0945. The molecule has 0 saturated carbocycles. The van der Waals surface area contributed by atoms with Gasteiger partial charge in [0.25, 0.3) is 0 Å². The minimum atomic E-state index is -1.16. The molecule has 0 aliphatic rings. The molecule has 1 aromatic carbocycles. The van der Waals surface area contributed by atoms with Gasteiger partial charge in [-0.25, -0.2) is 9.18 Å². The fraction of sp³-hybridized carbons (Fsp3) is 0. The second-order valence-corrected chi connectivity index (χ2v) is 3.35. The fourth-order valence-electron chi connectivity index (χ4n) is 0.841. The summed E-state index contributed by atoms with van der Waals surface area (Å²) in [5, 5.41) is 17.4. The Bertz CT molecular complexity index is 401. The normalized spacial score (nSPS) is 10.7. The number of aromatic hydroxyl groups is 1. The fourth-order valence-corrected chi connectivity index (χ4v) is 1.20. The molecule has 0 radical (unpaired) electrons. The molecule has 0 bridgehead atoms. The standard InChI is InChI=1S/C9H6BrFO3/c10-6-3-5(1-2-9(13)14)7(11)4-8(6)12/h1-4,12H,(H,13,14)/b2-1+. The van der Waals surface area contributed by atoms with Gasteiger partial charge in [0, 0.05) is 17.7 Å². The summed E-state index contributed by atoms with van der Waals surface area (Å²) in [6, 6.07) is 2.20. The number of rotatable bonds is 2. The molecule has 0 saturated heterocycles. The molecule has 0 atom stereocenters. The van der Waals surface area contributed by atoms with E-state index in [0.717, 1.165) is 18.2 Å². The van der Waals surface area contributed by atoms with Crippen LogP contribution in [0.2, 0.25) is 0 Å². The van der Waals surface area contributed by atoms with E-state index in [1.165, 1.54) is 6.07 Å². The molecule has 14 heavy (non-hydrogen) atoms. The van der Waals surface area contributed by atoms with Crippen LogP contribution in [0.4, 0.5) is 4.39 Å². The van der Waals surface area contributed by atoms with Gasteiger partial charge in [-0.05, 0) is 28.1 Å². The van der Waals surface area contributed by atoms with Crippen LogP contribution in [0.5, 0.6) is 5.75 Å². The number of phenolic OH excluding ortho intramolecular Hbond substituents is 1. The van der Waals surface area contributed by atoms with Gasteiger partial charge in [-0.15, -0.1) is 0 Å². The Hall–Kier alpha value is -1.36. The first-order valence-electron chi connectivity index (χ1n) is 3.59. The van der Waals surface area contributed by atoms with E-state index in [0.29, 0.717) is 4.47 Å². The number of phenols is 1. The third-order valence-electron chi connectivity index (χ3n) is 1.47. The molecule has 0 aromatic heterocycles. The molecule has 0 aliphatic carbocycles. The smallest absolute Gasteiger partial charge is 0.328 e. The van der Waals surface area contributed by atoms with Crippen LogP contribution in [0, 0.1) is 5.82 Å². The van der Waals surface area contributed by atoms with Gasteiger partial charge in [0.1, 0.15) is 11.6 Å². The first-order valence-corrected chi connectivity index (χ1v) is 4.39. The average molecular weight is 261 g/mol. The summed E-state index contributed by atoms with van der Waals surface area (Å²) in [5.74, 6) is -2.06. The van der Waals surface area contributed by atoms with Gasteiger partial charge >= 0.3 is 5.97 Å². The summed E-state index contributed by atoms with van der Waals surface area (Å²) in [5.41, 5.74) is 0.0945. The summed E-state index contributed by atoms with van der Waals surface area (Å²) in [4.78, 5) is 10.2. The quantitative estimate of drug-likeness (QED) is 0.803. The maximum Gasteiger partial charge on any atom is 0.328 e. The predicted molar refractivity (Wildman–Crippen MR) is 52.4 cm³/mol. The molecule has 0 unspecified atom stereocenters. The van der Waals surface area contributed by atoms with E-state index >= 15 is 0 Å². The summed E-state index contributed by atoms with van der Waals surface area (Å²) < 4.78 is 13.4. The first-order chi connectivity index (χ1) is 6.50. The lowest BCUT2D eigenvalue weighted by atomic mass is 10.2. The van der Waals surface area contributed by atoms with E-state index in [1.807, 2.05) is 0 Å². The highest BCUT2D eigenvalue weighted by Crippen LogP contribution is 2.27. The van der Waals surface area contributed by atoms with Gasteiger partial charge < -0.3 is 10.2 Å². The molecular weight excluding hydrogens is 255 g/mol. The number of carbonyl (C=O) groups is 1. The van der Waals surface area contributed by atoms with Gasteiger partial charge in [-0.1, -0.05) is 0 Å². The van der Waals surface area contributed by atoms with Crippen LogP contribution in [0.1, 0.15) is 5.56 Å². The Balaban J connectivity index is 3.10. The Morgan fingerprint density at radius 1 is 1.50 bits per heavy atom. The van der Waals surface area contributed by atoms with Gasteiger partial charge in [0.15, 0.2) is 0 Å². The van der Waals surface area contributed by atoms with Crippen molar-refractivity contribution in [3.8, 4) is 5.75 Å². The van der Waals surface area contributed by atoms with Crippen LogP contribution in [-0.4, -0.2) is 16.2 Å². The second kappa shape index (κ2) is 4.23. The van der Waals surface area contributed by atoms with Gasteiger partial charge in [0.2, 0.25) is 0 Å². The molecule has 3 nitrogen and oxygen atoms in total. The lowest BCUT2D eigenvalue weighted by molar-refractivity contribution is -0.131. The van der Waals surface area contributed by atoms with E-state index < -0.39 is 11.8 Å². The average Bonchev–Trinajstić information content (AvgIpc) is 2.09. The topological polar surface area (TPSA) is 57.5 Å². The molecule has 1 aromatic rings. The van der Waals surface area contributed by atoms with Crippen LogP contribution in [-0.2, 0) is 4.79 Å². The van der Waals surface area contributed by atoms with Crippen molar-refractivity contribution in [3.63, 3.8) is 0 Å². The number of carboxylic acids is 1. The van der Waals surface area contributed by atoms with Crippen LogP contribution in [0.15, 0.2) is 22.7 Å². The second-order valence-electron chi connectivity index (χ2n) is 2.50. The zero-order valence-electron chi connectivity index (χ0n) is 6.87. The summed E-state index contributed by atoms with van der Waals surface area (Å²) >= 11 is 2.99. The summed E-state index contributed by atoms with van der Waals surface area (Å²) in [7, 11) is 0. The van der Waals surface area contributed by atoms with Crippen molar-refractivity contribution in [1.29, 1.82) is 0 Å². The number of aliphatic carboxylic acids is 1. The lowest BCUT2D eigenvalue weighted by Crippen LogP contribution is -1.88. The maximum absolute atomic E-state index is 13.1. The minimum Gasteiger partial charge on any atom is -0.507 e. The van der Waals surface area contributed by atoms with Crippen molar-refractivity contribution in [2.45, 2.75) is 0 Å². The zero-order valence-corrected chi connectivity index (χ0v) is 8.45. The van der Waals surface area contributed by atoms with Crippen LogP contribution >= 0.6 is 15.9 Å². The monoisotopic (exact) mass is 260 g/mol. The molecule has 0 fully saturated rings. The molecule has 2 N–H and O–H groups in total. The number of halogens is 2. The third kappa shape index (κ3) is 2.56. The molecule has 0 amide bonds. The van der Waals surface area contributed by atoms with Crippen molar-refractivity contribution < 1.29 is 19.4 Å². The van der Waals surface area contributed by atoms with Crippen molar-refractivity contribution in [3.05, 3.63) is 34.1 Å². The van der Waals surface area contributed by atoms with E-state index in [1.54, 1.807) is 0 Å². The van der Waals surface area contributed by atoms with Gasteiger partial charge in [-0.2, -0.15) is 0 Å². The van der Waals surface area contributed by atoms with Crippen LogP contribution < -0.4 is 0 Å². The van der Waals surface area contributed by atoms with Crippen molar-refractivity contribution in [2.75, 3.05) is 0 Å². The van der Waals surface area contributed by atoms with Gasteiger partial charge in [0.05, 0.1) is 4.47 Å². The van der Waals surface area contributed by atoms with Crippen molar-refractivity contribution in [2.24, 2.45) is 0 Å². The highest BCUT2D eigenvalue weighted by molar-refractivity contribution is 9.10. The van der Waals surface area contributed by atoms with E-state index in [-0.39, 0.29) is 11.3 Å². The highest BCUT2D eigenvalue weighted by Gasteiger charge is 2.05. The van der Waals surface area contributed by atoms with E-state index in [4.69, 9.17) is 10.2 Å². The summed E-state index contributed by atoms with van der Waals surface area (Å²) in [6.45, 7) is 0. The SMILES string of the molecule is O=C(O)/C=C/c1cc(Br)c(O)cc1F. The molecule has 5 heteroatoms. The number of carboxylic acid groups (broad SMARTS) is 1. The third-order valence-corrected chi connectivity index (χ3v) is 2.11. The predicted octanol–water partition coefficient (Wildman–Crippen LogP) is 2.39. The molecule has 74 valence electrons. The van der Waals surface area contributed by atoms with E-state index in [2.05, 4.69) is 15.9 Å². The summed E-state index contributed by atoms with van der Waals surface area (Å²) in [6.07, 6.45) is 1.93. The largest absolute Gasteiger partial charge is 0.507 e. The van der Waals surface area contributed by atoms with E-state index in [9.17, 15) is 9.18 Å². The number of hydrogen-bond donors (Lipinski definition) is 2. The zero-order chi connectivity index (χ0) is 10.7. The molecule has 0 aliphatic heterocycles. The molecule has 0 heterocycles. The Morgan fingerprint density at radius 3 is 2.71 bits per heavy atom. The lowest BCUT2D eigenvalue weighted by Gasteiger charge is -2.00. The Labute approximate surface area is 87.6 Å². The number of benzene rings is 1.